The largest absolute Gasteiger partial charge is 0.368 e. The van der Waals surface area contributed by atoms with Crippen molar-refractivity contribution >= 4 is 23.4 Å². The van der Waals surface area contributed by atoms with Crippen LogP contribution in [0, 0.1) is 12.7 Å². The second kappa shape index (κ2) is 6.57. The summed E-state index contributed by atoms with van der Waals surface area (Å²) in [5.74, 6) is -1.69. The Morgan fingerprint density at radius 1 is 1.41 bits per heavy atom. The summed E-state index contributed by atoms with van der Waals surface area (Å²) >= 11 is 5.78. The number of hydrogen-bond donors (Lipinski definition) is 2. The highest BCUT2D eigenvalue weighted by molar-refractivity contribution is 6.29. The van der Waals surface area contributed by atoms with Crippen molar-refractivity contribution in [2.24, 2.45) is 5.73 Å². The average Bonchev–Trinajstić information content (AvgIpc) is 2.77. The van der Waals surface area contributed by atoms with Crippen molar-refractivity contribution < 1.29 is 18.5 Å². The van der Waals surface area contributed by atoms with Crippen LogP contribution < -0.4 is 11.1 Å². The van der Waals surface area contributed by atoms with Crippen LogP contribution in [0.5, 0.6) is 0 Å². The van der Waals surface area contributed by atoms with Crippen molar-refractivity contribution in [2.75, 3.05) is 0 Å². The Kier molecular flexibility index (Phi) is 4.77. The van der Waals surface area contributed by atoms with Gasteiger partial charge in [0, 0.05) is 5.56 Å². The Balaban J connectivity index is 2.13. The monoisotopic (exact) mass is 325 g/mol. The molecule has 2 amide bonds. The quantitative estimate of drug-likeness (QED) is 0.873. The highest BCUT2D eigenvalue weighted by Crippen LogP contribution is 2.20. The van der Waals surface area contributed by atoms with Gasteiger partial charge in [0.1, 0.15) is 11.9 Å². The van der Waals surface area contributed by atoms with E-state index in [1.165, 1.54) is 24.3 Å². The summed E-state index contributed by atoms with van der Waals surface area (Å²) in [6, 6.07) is 4.05. The van der Waals surface area contributed by atoms with Crippen LogP contribution in [0.3, 0.4) is 0 Å². The summed E-state index contributed by atoms with van der Waals surface area (Å²) in [7, 11) is 0. The molecular weight excluding hydrogens is 313 g/mol. The number of carbonyl (C=O) groups excluding carboxylic acids is 2. The molecular formula is C14H13ClFN3O3. The molecule has 116 valence electrons. The SMILES string of the molecule is Cc1noc(Cl)c1CC(=O)N[C@@H](C(N)=O)c1ccc(F)cc1. The molecule has 2 rings (SSSR count). The maximum Gasteiger partial charge on any atom is 0.244 e. The number of primary amides is 1. The molecule has 1 heterocycles. The number of hydrogen-bond acceptors (Lipinski definition) is 4. The molecule has 0 aliphatic heterocycles. The molecule has 0 aliphatic rings. The van der Waals surface area contributed by atoms with E-state index in [1.807, 2.05) is 0 Å². The summed E-state index contributed by atoms with van der Waals surface area (Å²) in [5, 5.41) is 6.13. The number of benzene rings is 1. The Labute approximate surface area is 130 Å². The van der Waals surface area contributed by atoms with Crippen LogP contribution in [-0.2, 0) is 16.0 Å². The first kappa shape index (κ1) is 16.0. The first-order valence-electron chi connectivity index (χ1n) is 6.33. The molecule has 1 aromatic carbocycles. The fourth-order valence-electron chi connectivity index (χ4n) is 1.90. The smallest absolute Gasteiger partial charge is 0.244 e. The van der Waals surface area contributed by atoms with E-state index in [4.69, 9.17) is 21.9 Å². The normalized spacial score (nSPS) is 12.0. The van der Waals surface area contributed by atoms with Crippen LogP contribution in [0.2, 0.25) is 5.22 Å². The Morgan fingerprint density at radius 3 is 2.55 bits per heavy atom. The lowest BCUT2D eigenvalue weighted by molar-refractivity contribution is -0.127. The topological polar surface area (TPSA) is 98.2 Å². The van der Waals surface area contributed by atoms with Crippen molar-refractivity contribution in [3.8, 4) is 0 Å². The Bertz CT molecular complexity index is 680. The summed E-state index contributed by atoms with van der Waals surface area (Å²) in [4.78, 5) is 23.6. The van der Waals surface area contributed by atoms with E-state index in [-0.39, 0.29) is 11.6 Å². The van der Waals surface area contributed by atoms with Gasteiger partial charge < -0.3 is 15.6 Å². The predicted octanol–water partition coefficient (Wildman–Crippen LogP) is 1.66. The van der Waals surface area contributed by atoms with Gasteiger partial charge in [0.15, 0.2) is 0 Å². The number of carbonyl (C=O) groups is 2. The third-order valence-electron chi connectivity index (χ3n) is 3.07. The maximum atomic E-state index is 12.9. The maximum absolute atomic E-state index is 12.9. The van der Waals surface area contributed by atoms with Gasteiger partial charge in [-0.05, 0) is 36.2 Å². The van der Waals surface area contributed by atoms with Gasteiger partial charge in [-0.2, -0.15) is 0 Å². The number of rotatable bonds is 5. The Hall–Kier alpha value is -2.41. The van der Waals surface area contributed by atoms with Gasteiger partial charge in [-0.3, -0.25) is 9.59 Å². The van der Waals surface area contributed by atoms with Crippen molar-refractivity contribution in [3.63, 3.8) is 0 Å². The van der Waals surface area contributed by atoms with Crippen LogP contribution in [0.15, 0.2) is 28.8 Å². The second-order valence-corrected chi connectivity index (χ2v) is 4.99. The van der Waals surface area contributed by atoms with Gasteiger partial charge in [-0.25, -0.2) is 4.39 Å². The number of nitrogens with two attached hydrogens (primary N) is 1. The molecule has 22 heavy (non-hydrogen) atoms. The molecule has 3 N–H and O–H groups in total. The van der Waals surface area contributed by atoms with E-state index in [9.17, 15) is 14.0 Å². The van der Waals surface area contributed by atoms with Crippen molar-refractivity contribution in [1.29, 1.82) is 0 Å². The zero-order valence-corrected chi connectivity index (χ0v) is 12.4. The number of aromatic nitrogens is 1. The van der Waals surface area contributed by atoms with Crippen LogP contribution in [0.4, 0.5) is 4.39 Å². The standard InChI is InChI=1S/C14H13ClFN3O3/c1-7-10(13(15)22-19-7)6-11(20)18-12(14(17)21)8-2-4-9(16)5-3-8/h2-5,12H,6H2,1H3,(H2,17,21)(H,18,20)/t12-/m1/s1. The van der Waals surface area contributed by atoms with E-state index < -0.39 is 23.7 Å². The lowest BCUT2D eigenvalue weighted by Crippen LogP contribution is -2.38. The summed E-state index contributed by atoms with van der Waals surface area (Å²) in [5.41, 5.74) is 6.58. The number of amides is 2. The van der Waals surface area contributed by atoms with E-state index in [0.29, 0.717) is 16.8 Å². The lowest BCUT2D eigenvalue weighted by atomic mass is 10.1. The van der Waals surface area contributed by atoms with E-state index >= 15 is 0 Å². The van der Waals surface area contributed by atoms with E-state index in [0.717, 1.165) is 0 Å². The molecule has 8 heteroatoms. The number of aryl methyl sites for hydroxylation is 1. The molecule has 6 nitrogen and oxygen atoms in total. The van der Waals surface area contributed by atoms with Gasteiger partial charge in [0.25, 0.3) is 0 Å². The molecule has 0 spiro atoms. The Morgan fingerprint density at radius 2 is 2.05 bits per heavy atom. The molecule has 0 unspecified atom stereocenters. The fraction of sp³-hybridized carbons (Fsp3) is 0.214. The molecule has 0 aliphatic carbocycles. The molecule has 0 fully saturated rings. The lowest BCUT2D eigenvalue weighted by Gasteiger charge is -2.15. The van der Waals surface area contributed by atoms with Crippen LogP contribution in [-0.4, -0.2) is 17.0 Å². The second-order valence-electron chi connectivity index (χ2n) is 4.65. The number of nitrogens with zero attached hydrogens (tertiary/aromatic N) is 1. The first-order valence-corrected chi connectivity index (χ1v) is 6.71. The minimum Gasteiger partial charge on any atom is -0.368 e. The van der Waals surface area contributed by atoms with Crippen molar-refractivity contribution in [1.82, 2.24) is 10.5 Å². The minimum absolute atomic E-state index is 0.0186. The predicted molar refractivity (Wildman–Crippen MR) is 76.4 cm³/mol. The van der Waals surface area contributed by atoms with Gasteiger partial charge in [0.2, 0.25) is 17.0 Å². The van der Waals surface area contributed by atoms with Crippen molar-refractivity contribution in [3.05, 3.63) is 52.1 Å². The number of halogens is 2. The van der Waals surface area contributed by atoms with Crippen LogP contribution in [0.1, 0.15) is 22.9 Å². The highest BCUT2D eigenvalue weighted by Gasteiger charge is 2.22. The van der Waals surface area contributed by atoms with Crippen molar-refractivity contribution in [2.45, 2.75) is 19.4 Å². The zero-order valence-electron chi connectivity index (χ0n) is 11.6. The molecule has 0 saturated carbocycles. The summed E-state index contributed by atoms with van der Waals surface area (Å²) < 4.78 is 17.7. The number of nitrogens with one attached hydrogen (secondary N) is 1. The molecule has 0 radical (unpaired) electrons. The molecule has 1 atom stereocenters. The first-order chi connectivity index (χ1) is 10.4. The van der Waals surface area contributed by atoms with Gasteiger partial charge in [0.05, 0.1) is 12.1 Å². The fourth-order valence-corrected chi connectivity index (χ4v) is 2.14. The van der Waals surface area contributed by atoms with Gasteiger partial charge in [-0.1, -0.05) is 17.3 Å². The van der Waals surface area contributed by atoms with Crippen LogP contribution in [0.25, 0.3) is 0 Å². The average molecular weight is 326 g/mol. The van der Waals surface area contributed by atoms with E-state index in [1.54, 1.807) is 6.92 Å². The third-order valence-corrected chi connectivity index (χ3v) is 3.36. The van der Waals surface area contributed by atoms with Gasteiger partial charge >= 0.3 is 0 Å². The zero-order chi connectivity index (χ0) is 16.3. The molecule has 1 aromatic heterocycles. The van der Waals surface area contributed by atoms with Gasteiger partial charge in [-0.15, -0.1) is 0 Å². The van der Waals surface area contributed by atoms with E-state index in [2.05, 4.69) is 10.5 Å². The van der Waals surface area contributed by atoms with Crippen LogP contribution >= 0.6 is 11.6 Å². The molecule has 0 bridgehead atoms. The summed E-state index contributed by atoms with van der Waals surface area (Å²) in [6.45, 7) is 1.64. The molecule has 0 saturated heterocycles. The third kappa shape index (κ3) is 3.62. The minimum atomic E-state index is -1.06. The highest BCUT2D eigenvalue weighted by atomic mass is 35.5. The summed E-state index contributed by atoms with van der Waals surface area (Å²) in [6.07, 6.45) is -0.112. The molecule has 2 aromatic rings.